The van der Waals surface area contributed by atoms with E-state index in [9.17, 15) is 14.7 Å². The molecule has 4 aliphatic carbocycles. The maximum atomic E-state index is 13.0. The number of ether oxygens (including phenoxy) is 2. The van der Waals surface area contributed by atoms with Crippen molar-refractivity contribution in [3.63, 3.8) is 0 Å². The Balaban J connectivity index is 0.956. The molecule has 4 aliphatic rings. The molecule has 274 valence electrons. The van der Waals surface area contributed by atoms with E-state index in [4.69, 9.17) is 13.9 Å². The molecule has 6 heteroatoms. The van der Waals surface area contributed by atoms with Crippen molar-refractivity contribution in [2.24, 2.45) is 46.3 Å². The van der Waals surface area contributed by atoms with Gasteiger partial charge in [-0.05, 0) is 97.7 Å². The molecule has 0 unspecified atom stereocenters. The second-order valence-corrected chi connectivity index (χ2v) is 17.6. The average molecular weight is 695 g/mol. The van der Waals surface area contributed by atoms with Crippen molar-refractivity contribution in [3.8, 4) is 22.8 Å². The minimum Gasteiger partial charge on any atom is -0.507 e. The first kappa shape index (κ1) is 35.8. The molecule has 6 nitrogen and oxygen atoms in total. The molecule has 0 radical (unpaired) electrons. The standard InChI is InChI=1S/C45H58O6/c1-28(2)10-9-11-29(3)31-14-17-36-35-16-15-32-22-33(18-21-45(32,5)37(35)19-20-44(36,4)26-31)50-42(48)27-49-34-23-38(46)43-39(47)25-40(51-41(43)24-34)30-12-7-6-8-13-30/h6-8,12-13,15,23-25,28-29,31,33,35-37,46H,9-11,14,16-22,26-27H2,1-5H3/t29-,31-,33-,35-,36+,37-,44-,45+/m1/s1. The number of hydrogen-bond acceptors (Lipinski definition) is 6. The summed E-state index contributed by atoms with van der Waals surface area (Å²) >= 11 is 0. The number of phenols is 1. The van der Waals surface area contributed by atoms with E-state index < -0.39 is 5.97 Å². The van der Waals surface area contributed by atoms with Crippen LogP contribution in [0.1, 0.15) is 112 Å². The smallest absolute Gasteiger partial charge is 0.344 e. The summed E-state index contributed by atoms with van der Waals surface area (Å²) in [5.74, 6) is 4.80. The normalized spacial score (nSPS) is 30.9. The van der Waals surface area contributed by atoms with E-state index in [0.29, 0.717) is 11.2 Å². The summed E-state index contributed by atoms with van der Waals surface area (Å²) in [5.41, 5.74) is 2.76. The minimum absolute atomic E-state index is 0.0789. The summed E-state index contributed by atoms with van der Waals surface area (Å²) in [6.07, 6.45) is 17.3. The van der Waals surface area contributed by atoms with Gasteiger partial charge >= 0.3 is 5.97 Å². The monoisotopic (exact) mass is 694 g/mol. The Morgan fingerprint density at radius 1 is 0.980 bits per heavy atom. The lowest BCUT2D eigenvalue weighted by molar-refractivity contribution is -0.154. The summed E-state index contributed by atoms with van der Waals surface area (Å²) in [4.78, 5) is 25.9. The minimum atomic E-state index is -0.430. The summed E-state index contributed by atoms with van der Waals surface area (Å²) in [5, 5.41) is 10.7. The van der Waals surface area contributed by atoms with Crippen molar-refractivity contribution in [3.05, 3.63) is 70.4 Å². The van der Waals surface area contributed by atoms with Crippen LogP contribution in [0.4, 0.5) is 0 Å². The van der Waals surface area contributed by atoms with Gasteiger partial charge in [-0.3, -0.25) is 4.79 Å². The summed E-state index contributed by atoms with van der Waals surface area (Å²) in [6, 6.07) is 13.6. The molecule has 3 fully saturated rings. The van der Waals surface area contributed by atoms with Gasteiger partial charge in [0.25, 0.3) is 0 Å². The zero-order chi connectivity index (χ0) is 35.9. The van der Waals surface area contributed by atoms with Crippen LogP contribution >= 0.6 is 0 Å². The fraction of sp³-hybridized carbons (Fsp3) is 0.600. The van der Waals surface area contributed by atoms with Crippen molar-refractivity contribution >= 4 is 16.9 Å². The number of carbonyl (C=O) groups excluding carboxylic acids is 1. The lowest BCUT2D eigenvalue weighted by Gasteiger charge is -2.61. The highest BCUT2D eigenvalue weighted by Crippen LogP contribution is 2.65. The predicted molar refractivity (Wildman–Crippen MR) is 203 cm³/mol. The molecule has 0 amide bonds. The Morgan fingerprint density at radius 2 is 1.78 bits per heavy atom. The van der Waals surface area contributed by atoms with E-state index in [0.717, 1.165) is 60.3 Å². The van der Waals surface area contributed by atoms with Crippen LogP contribution in [0.2, 0.25) is 0 Å². The highest BCUT2D eigenvalue weighted by molar-refractivity contribution is 5.86. The van der Waals surface area contributed by atoms with Gasteiger partial charge in [0, 0.05) is 30.2 Å². The van der Waals surface area contributed by atoms with Gasteiger partial charge in [-0.1, -0.05) is 95.9 Å². The molecule has 3 saturated carbocycles. The Morgan fingerprint density at radius 3 is 2.57 bits per heavy atom. The van der Waals surface area contributed by atoms with Crippen molar-refractivity contribution < 1.29 is 23.8 Å². The molecule has 0 aliphatic heterocycles. The topological polar surface area (TPSA) is 86.0 Å². The van der Waals surface area contributed by atoms with Crippen LogP contribution in [-0.4, -0.2) is 23.8 Å². The first-order valence-electron chi connectivity index (χ1n) is 19.8. The second-order valence-electron chi connectivity index (χ2n) is 17.6. The number of allylic oxidation sites excluding steroid dienone is 1. The first-order valence-corrected chi connectivity index (χ1v) is 19.8. The van der Waals surface area contributed by atoms with Gasteiger partial charge < -0.3 is 19.0 Å². The molecule has 7 rings (SSSR count). The number of fused-ring (bicyclic) bond motifs is 6. The fourth-order valence-corrected chi connectivity index (χ4v) is 11.0. The number of phenolic OH excluding ortho intramolecular Hbond substituents is 1. The molecule has 0 bridgehead atoms. The number of carbonyl (C=O) groups is 1. The molecular weight excluding hydrogens is 636 g/mol. The first-order chi connectivity index (χ1) is 24.4. The molecule has 0 saturated heterocycles. The zero-order valence-corrected chi connectivity index (χ0v) is 31.4. The van der Waals surface area contributed by atoms with E-state index in [2.05, 4.69) is 40.7 Å². The molecule has 2 aromatic carbocycles. The molecule has 8 atom stereocenters. The van der Waals surface area contributed by atoms with Crippen molar-refractivity contribution in [1.82, 2.24) is 0 Å². The van der Waals surface area contributed by atoms with E-state index >= 15 is 0 Å². The molecule has 1 N–H and O–H groups in total. The van der Waals surface area contributed by atoms with E-state index in [1.165, 1.54) is 75.5 Å². The second kappa shape index (κ2) is 14.5. The summed E-state index contributed by atoms with van der Waals surface area (Å²) < 4.78 is 17.8. The quantitative estimate of drug-likeness (QED) is 0.168. The molecular formula is C45H58O6. The van der Waals surface area contributed by atoms with Gasteiger partial charge in [-0.15, -0.1) is 0 Å². The molecule has 1 heterocycles. The van der Waals surface area contributed by atoms with Crippen LogP contribution in [0.3, 0.4) is 0 Å². The third kappa shape index (κ3) is 7.26. The maximum absolute atomic E-state index is 13.0. The van der Waals surface area contributed by atoms with Crippen molar-refractivity contribution in [2.75, 3.05) is 6.61 Å². The van der Waals surface area contributed by atoms with Gasteiger partial charge in [0.1, 0.15) is 34.3 Å². The zero-order valence-electron chi connectivity index (χ0n) is 31.4. The van der Waals surface area contributed by atoms with Gasteiger partial charge in [0.2, 0.25) is 0 Å². The number of esters is 1. The van der Waals surface area contributed by atoms with Crippen LogP contribution in [0.25, 0.3) is 22.3 Å². The van der Waals surface area contributed by atoms with Crippen LogP contribution in [-0.2, 0) is 9.53 Å². The SMILES string of the molecule is CC(C)CCC[C@@H](C)[C@@H]1CC[C@H]2[C@H]3CC=C4C[C@H](OC(=O)COc5cc(O)c6c(=O)cc(-c7ccccc7)oc6c5)CC[C@]4(C)[C@@H]3CC[C@]2(C)C1. The van der Waals surface area contributed by atoms with E-state index in [-0.39, 0.29) is 46.0 Å². The van der Waals surface area contributed by atoms with Crippen LogP contribution < -0.4 is 10.2 Å². The lowest BCUT2D eigenvalue weighted by atomic mass is 9.44. The largest absolute Gasteiger partial charge is 0.507 e. The van der Waals surface area contributed by atoms with E-state index in [1.807, 2.05) is 30.3 Å². The van der Waals surface area contributed by atoms with Crippen LogP contribution in [0, 0.1) is 46.3 Å². The fourth-order valence-electron chi connectivity index (χ4n) is 11.0. The number of aromatic hydroxyl groups is 1. The Hall–Kier alpha value is -3.54. The highest BCUT2D eigenvalue weighted by atomic mass is 16.6. The summed E-state index contributed by atoms with van der Waals surface area (Å²) in [6.45, 7) is 12.1. The lowest BCUT2D eigenvalue weighted by Crippen LogP contribution is -2.52. The maximum Gasteiger partial charge on any atom is 0.344 e. The van der Waals surface area contributed by atoms with Crippen LogP contribution in [0.5, 0.6) is 11.5 Å². The predicted octanol–water partition coefficient (Wildman–Crippen LogP) is 10.9. The molecule has 0 spiro atoms. The van der Waals surface area contributed by atoms with Gasteiger partial charge in [0.15, 0.2) is 12.0 Å². The van der Waals surface area contributed by atoms with Gasteiger partial charge in [-0.25, -0.2) is 4.79 Å². The third-order valence-electron chi connectivity index (χ3n) is 13.9. The van der Waals surface area contributed by atoms with Crippen LogP contribution in [0.15, 0.2) is 69.4 Å². The highest BCUT2D eigenvalue weighted by Gasteiger charge is 2.56. The third-order valence-corrected chi connectivity index (χ3v) is 13.9. The molecule has 1 aromatic heterocycles. The van der Waals surface area contributed by atoms with Gasteiger partial charge in [0.05, 0.1) is 0 Å². The molecule has 51 heavy (non-hydrogen) atoms. The Labute approximate surface area is 304 Å². The number of benzene rings is 2. The number of rotatable bonds is 10. The average Bonchev–Trinajstić information content (AvgIpc) is 3.10. The van der Waals surface area contributed by atoms with E-state index in [1.54, 1.807) is 6.07 Å². The Kier molecular flexibility index (Phi) is 10.2. The van der Waals surface area contributed by atoms with Crippen molar-refractivity contribution in [1.29, 1.82) is 0 Å². The Bertz CT molecular complexity index is 1810. The van der Waals surface area contributed by atoms with Crippen molar-refractivity contribution in [2.45, 2.75) is 118 Å². The summed E-state index contributed by atoms with van der Waals surface area (Å²) in [7, 11) is 0. The molecule has 3 aromatic rings. The van der Waals surface area contributed by atoms with Gasteiger partial charge in [-0.2, -0.15) is 0 Å². The number of hydrogen-bond donors (Lipinski definition) is 1.